The second-order valence-electron chi connectivity index (χ2n) is 6.69. The molecule has 0 spiro atoms. The van der Waals surface area contributed by atoms with Crippen LogP contribution < -0.4 is 5.32 Å². The summed E-state index contributed by atoms with van der Waals surface area (Å²) in [6.07, 6.45) is 1.37. The zero-order valence-corrected chi connectivity index (χ0v) is 16.3. The van der Waals surface area contributed by atoms with Gasteiger partial charge in [-0.3, -0.25) is 4.79 Å². The minimum Gasteiger partial charge on any atom is -0.326 e. The third kappa shape index (κ3) is 3.76. The molecule has 1 aromatic heterocycles. The van der Waals surface area contributed by atoms with Gasteiger partial charge in [-0.15, -0.1) is 11.3 Å². The number of hydrogen-bond donors (Lipinski definition) is 1. The highest BCUT2D eigenvalue weighted by molar-refractivity contribution is 7.91. The molecule has 0 bridgehead atoms. The molecule has 1 atom stereocenters. The number of carbonyl (C=O) groups excluding carboxylic acids is 1. The van der Waals surface area contributed by atoms with E-state index in [9.17, 15) is 13.2 Å². The minimum absolute atomic E-state index is 0.128. The molecule has 7 heteroatoms. The molecule has 1 aliphatic rings. The fourth-order valence-electron chi connectivity index (χ4n) is 3.42. The van der Waals surface area contributed by atoms with E-state index < -0.39 is 10.0 Å². The molecule has 1 amide bonds. The normalized spacial score (nSPS) is 18.4. The van der Waals surface area contributed by atoms with Crippen molar-refractivity contribution >= 4 is 43.7 Å². The number of thiophene rings is 1. The first-order chi connectivity index (χ1) is 13.0. The van der Waals surface area contributed by atoms with Gasteiger partial charge in [-0.2, -0.15) is 4.31 Å². The third-order valence-electron chi connectivity index (χ3n) is 4.86. The van der Waals surface area contributed by atoms with Gasteiger partial charge in [0.2, 0.25) is 5.91 Å². The number of benzene rings is 2. The summed E-state index contributed by atoms with van der Waals surface area (Å²) in [5.74, 6) is -0.476. The summed E-state index contributed by atoms with van der Waals surface area (Å²) in [7, 11) is -3.51. The predicted molar refractivity (Wildman–Crippen MR) is 108 cm³/mol. The van der Waals surface area contributed by atoms with Crippen molar-refractivity contribution < 1.29 is 13.2 Å². The summed E-state index contributed by atoms with van der Waals surface area (Å²) in [6.45, 7) is 0.680. The lowest BCUT2D eigenvalue weighted by molar-refractivity contribution is -0.120. The average molecular weight is 401 g/mol. The second kappa shape index (κ2) is 7.42. The van der Waals surface area contributed by atoms with Gasteiger partial charge in [-0.1, -0.05) is 36.4 Å². The van der Waals surface area contributed by atoms with Crippen LogP contribution >= 0.6 is 11.3 Å². The molecule has 2 heterocycles. The summed E-state index contributed by atoms with van der Waals surface area (Å²) in [4.78, 5) is 12.7. The van der Waals surface area contributed by atoms with Gasteiger partial charge in [-0.05, 0) is 47.2 Å². The zero-order chi connectivity index (χ0) is 18.9. The lowest BCUT2D eigenvalue weighted by atomic mass is 9.98. The largest absolute Gasteiger partial charge is 0.326 e. The lowest BCUT2D eigenvalue weighted by Gasteiger charge is -2.30. The number of anilines is 1. The van der Waals surface area contributed by atoms with E-state index in [2.05, 4.69) is 5.32 Å². The third-order valence-corrected chi connectivity index (χ3v) is 8.10. The highest BCUT2D eigenvalue weighted by Gasteiger charge is 2.33. The van der Waals surface area contributed by atoms with Gasteiger partial charge in [0.05, 0.1) is 5.92 Å². The SMILES string of the molecule is O=C(Nc1ccc2ccccc2c1)[C@@H]1CCCN(S(=O)(=O)c2cccs2)C1. The van der Waals surface area contributed by atoms with Gasteiger partial charge >= 0.3 is 0 Å². The van der Waals surface area contributed by atoms with Crippen LogP contribution in [0.25, 0.3) is 10.8 Å². The molecule has 1 fully saturated rings. The Morgan fingerprint density at radius 1 is 1.07 bits per heavy atom. The number of rotatable bonds is 4. The van der Waals surface area contributed by atoms with E-state index in [0.29, 0.717) is 23.6 Å². The van der Waals surface area contributed by atoms with Gasteiger partial charge in [0, 0.05) is 18.8 Å². The summed E-state index contributed by atoms with van der Waals surface area (Å²) < 4.78 is 27.2. The van der Waals surface area contributed by atoms with Crippen LogP contribution in [0.1, 0.15) is 12.8 Å². The molecule has 0 unspecified atom stereocenters. The van der Waals surface area contributed by atoms with Gasteiger partial charge in [0.1, 0.15) is 4.21 Å². The Kier molecular flexibility index (Phi) is 4.99. The van der Waals surface area contributed by atoms with Crippen LogP contribution in [0.15, 0.2) is 64.2 Å². The number of amides is 1. The fourth-order valence-corrected chi connectivity index (χ4v) is 6.09. The van der Waals surface area contributed by atoms with E-state index in [-0.39, 0.29) is 18.4 Å². The van der Waals surface area contributed by atoms with Crippen molar-refractivity contribution in [3.05, 3.63) is 60.0 Å². The number of fused-ring (bicyclic) bond motifs is 1. The van der Waals surface area contributed by atoms with Gasteiger partial charge in [0.15, 0.2) is 0 Å². The van der Waals surface area contributed by atoms with Crippen LogP contribution in [0, 0.1) is 5.92 Å². The smallest absolute Gasteiger partial charge is 0.252 e. The molecule has 140 valence electrons. The van der Waals surface area contributed by atoms with Crippen molar-refractivity contribution in [1.82, 2.24) is 4.31 Å². The van der Waals surface area contributed by atoms with Gasteiger partial charge in [-0.25, -0.2) is 8.42 Å². The fraction of sp³-hybridized carbons (Fsp3) is 0.250. The molecule has 1 aliphatic heterocycles. The topological polar surface area (TPSA) is 66.5 Å². The number of nitrogens with one attached hydrogen (secondary N) is 1. The molecular formula is C20H20N2O3S2. The highest BCUT2D eigenvalue weighted by atomic mass is 32.2. The molecule has 27 heavy (non-hydrogen) atoms. The molecule has 5 nitrogen and oxygen atoms in total. The molecule has 3 aromatic rings. The Morgan fingerprint density at radius 2 is 1.89 bits per heavy atom. The van der Waals surface area contributed by atoms with Crippen molar-refractivity contribution in [2.45, 2.75) is 17.1 Å². The lowest BCUT2D eigenvalue weighted by Crippen LogP contribution is -2.43. The van der Waals surface area contributed by atoms with E-state index in [1.807, 2.05) is 42.5 Å². The zero-order valence-electron chi connectivity index (χ0n) is 14.7. The van der Waals surface area contributed by atoms with Crippen molar-refractivity contribution in [1.29, 1.82) is 0 Å². The summed E-state index contributed by atoms with van der Waals surface area (Å²) >= 11 is 1.21. The van der Waals surface area contributed by atoms with E-state index >= 15 is 0 Å². The number of carbonyl (C=O) groups is 1. The van der Waals surface area contributed by atoms with Gasteiger partial charge in [0.25, 0.3) is 10.0 Å². The molecule has 4 rings (SSSR count). The Morgan fingerprint density at radius 3 is 2.67 bits per heavy atom. The maximum absolute atomic E-state index is 12.7. The molecule has 2 aromatic carbocycles. The van der Waals surface area contributed by atoms with Crippen LogP contribution in [-0.2, 0) is 14.8 Å². The number of sulfonamides is 1. The van der Waals surface area contributed by atoms with E-state index in [1.54, 1.807) is 17.5 Å². The van der Waals surface area contributed by atoms with E-state index in [0.717, 1.165) is 16.5 Å². The van der Waals surface area contributed by atoms with Crippen LogP contribution in [0.2, 0.25) is 0 Å². The first kappa shape index (κ1) is 18.2. The molecule has 1 saturated heterocycles. The maximum Gasteiger partial charge on any atom is 0.252 e. The number of nitrogens with zero attached hydrogens (tertiary/aromatic N) is 1. The number of piperidine rings is 1. The molecule has 1 N–H and O–H groups in total. The monoisotopic (exact) mass is 400 g/mol. The first-order valence-corrected chi connectivity index (χ1v) is 11.2. The predicted octanol–water partition coefficient (Wildman–Crippen LogP) is 3.94. The number of hydrogen-bond acceptors (Lipinski definition) is 4. The Bertz CT molecular complexity index is 1060. The van der Waals surface area contributed by atoms with E-state index in [1.165, 1.54) is 15.6 Å². The van der Waals surface area contributed by atoms with Gasteiger partial charge < -0.3 is 5.32 Å². The first-order valence-electron chi connectivity index (χ1n) is 8.87. The standard InChI is InChI=1S/C20H20N2O3S2/c23-20(21-18-10-9-15-5-1-2-6-16(15)13-18)17-7-3-11-22(14-17)27(24,25)19-8-4-12-26-19/h1-2,4-6,8-10,12-13,17H,3,7,11,14H2,(H,21,23)/t17-/m1/s1. The average Bonchev–Trinajstić information content (AvgIpc) is 3.24. The van der Waals surface area contributed by atoms with Crippen LogP contribution in [0.4, 0.5) is 5.69 Å². The second-order valence-corrected chi connectivity index (χ2v) is 9.80. The van der Waals surface area contributed by atoms with Crippen molar-refractivity contribution in [3.8, 4) is 0 Å². The Hall–Kier alpha value is -2.22. The molecule has 0 aliphatic carbocycles. The van der Waals surface area contributed by atoms with Crippen LogP contribution in [-0.4, -0.2) is 31.7 Å². The van der Waals surface area contributed by atoms with Crippen molar-refractivity contribution in [3.63, 3.8) is 0 Å². The van der Waals surface area contributed by atoms with Crippen molar-refractivity contribution in [2.75, 3.05) is 18.4 Å². The quantitative estimate of drug-likeness (QED) is 0.721. The summed E-state index contributed by atoms with van der Waals surface area (Å²) in [5, 5.41) is 6.87. The van der Waals surface area contributed by atoms with Crippen LogP contribution in [0.5, 0.6) is 0 Å². The summed E-state index contributed by atoms with van der Waals surface area (Å²) in [5.41, 5.74) is 0.733. The minimum atomic E-state index is -3.51. The Balaban J connectivity index is 1.48. The molecular weight excluding hydrogens is 380 g/mol. The highest BCUT2D eigenvalue weighted by Crippen LogP contribution is 2.27. The molecule has 0 saturated carbocycles. The van der Waals surface area contributed by atoms with E-state index in [4.69, 9.17) is 0 Å². The maximum atomic E-state index is 12.7. The summed E-state index contributed by atoms with van der Waals surface area (Å²) in [6, 6.07) is 17.1. The molecule has 0 radical (unpaired) electrons. The Labute approximate surface area is 162 Å². The van der Waals surface area contributed by atoms with Crippen molar-refractivity contribution in [2.24, 2.45) is 5.92 Å². The van der Waals surface area contributed by atoms with Crippen LogP contribution in [0.3, 0.4) is 0 Å².